The van der Waals surface area contributed by atoms with E-state index in [1.807, 2.05) is 29.2 Å². The Bertz CT molecular complexity index is 684. The second-order valence-corrected chi connectivity index (χ2v) is 5.70. The predicted molar refractivity (Wildman–Crippen MR) is 89.2 cm³/mol. The van der Waals surface area contributed by atoms with Crippen LogP contribution in [0.1, 0.15) is 30.2 Å². The smallest absolute Gasteiger partial charge is 0.318 e. The molecule has 1 fully saturated rings. The molecule has 1 aliphatic heterocycles. The lowest BCUT2D eigenvalue weighted by atomic mass is 10.0. The maximum Gasteiger partial charge on any atom is 0.318 e. The van der Waals surface area contributed by atoms with E-state index < -0.39 is 0 Å². The molecule has 2 amide bonds. The summed E-state index contributed by atoms with van der Waals surface area (Å²) in [6.45, 7) is 1.10. The monoisotopic (exact) mass is 330 g/mol. The predicted octanol–water partition coefficient (Wildman–Crippen LogP) is 3.34. The molecule has 0 bridgehead atoms. The van der Waals surface area contributed by atoms with Crippen molar-refractivity contribution in [1.82, 2.24) is 10.2 Å². The molecule has 0 saturated carbocycles. The molecule has 6 heteroatoms. The van der Waals surface area contributed by atoms with Gasteiger partial charge >= 0.3 is 6.03 Å². The SMILES string of the molecule is COc1ccc(OC)c(C2CCCN2C(=O)NCc2ccco2)c1. The molecule has 2 aromatic rings. The van der Waals surface area contributed by atoms with Crippen molar-refractivity contribution in [2.75, 3.05) is 20.8 Å². The maximum atomic E-state index is 12.6. The maximum absolute atomic E-state index is 12.6. The minimum absolute atomic E-state index is 0.0216. The van der Waals surface area contributed by atoms with Crippen molar-refractivity contribution < 1.29 is 18.7 Å². The molecule has 1 saturated heterocycles. The Morgan fingerprint density at radius 1 is 1.33 bits per heavy atom. The summed E-state index contributed by atoms with van der Waals surface area (Å²) in [6.07, 6.45) is 3.46. The molecule has 1 aliphatic rings. The van der Waals surface area contributed by atoms with Crippen LogP contribution in [0, 0.1) is 0 Å². The van der Waals surface area contributed by atoms with Gasteiger partial charge < -0.3 is 24.1 Å². The number of urea groups is 1. The van der Waals surface area contributed by atoms with Gasteiger partial charge in [0, 0.05) is 12.1 Å². The average molecular weight is 330 g/mol. The zero-order chi connectivity index (χ0) is 16.9. The largest absolute Gasteiger partial charge is 0.497 e. The minimum Gasteiger partial charge on any atom is -0.497 e. The summed E-state index contributed by atoms with van der Waals surface area (Å²) in [5, 5.41) is 2.91. The van der Waals surface area contributed by atoms with E-state index in [0.717, 1.165) is 42.2 Å². The first-order valence-corrected chi connectivity index (χ1v) is 8.01. The molecule has 1 aromatic heterocycles. The quantitative estimate of drug-likeness (QED) is 0.913. The summed E-state index contributed by atoms with van der Waals surface area (Å²) in [4.78, 5) is 14.4. The number of carbonyl (C=O) groups is 1. The van der Waals surface area contributed by atoms with Crippen LogP contribution in [0.15, 0.2) is 41.0 Å². The van der Waals surface area contributed by atoms with E-state index in [4.69, 9.17) is 13.9 Å². The lowest BCUT2D eigenvalue weighted by Crippen LogP contribution is -2.39. The van der Waals surface area contributed by atoms with Gasteiger partial charge in [-0.1, -0.05) is 0 Å². The zero-order valence-corrected chi connectivity index (χ0v) is 14.0. The van der Waals surface area contributed by atoms with E-state index in [9.17, 15) is 4.79 Å². The van der Waals surface area contributed by atoms with Gasteiger partial charge in [-0.25, -0.2) is 4.79 Å². The van der Waals surface area contributed by atoms with Gasteiger partial charge in [0.15, 0.2) is 0 Å². The summed E-state index contributed by atoms with van der Waals surface area (Å²) in [7, 11) is 3.27. The van der Waals surface area contributed by atoms with Gasteiger partial charge in [0.05, 0.1) is 33.1 Å². The summed E-state index contributed by atoms with van der Waals surface area (Å²) in [5.74, 6) is 2.26. The van der Waals surface area contributed by atoms with E-state index in [1.54, 1.807) is 26.5 Å². The second kappa shape index (κ2) is 7.29. The van der Waals surface area contributed by atoms with E-state index in [-0.39, 0.29) is 12.1 Å². The molecule has 2 heterocycles. The number of hydrogen-bond donors (Lipinski definition) is 1. The number of furan rings is 1. The van der Waals surface area contributed by atoms with Crippen molar-refractivity contribution in [3.8, 4) is 11.5 Å². The highest BCUT2D eigenvalue weighted by Gasteiger charge is 2.32. The molecule has 0 aliphatic carbocycles. The summed E-state index contributed by atoms with van der Waals surface area (Å²) >= 11 is 0. The minimum atomic E-state index is -0.0984. The van der Waals surface area contributed by atoms with Crippen molar-refractivity contribution in [3.63, 3.8) is 0 Å². The molecule has 1 atom stereocenters. The van der Waals surface area contributed by atoms with Crippen molar-refractivity contribution >= 4 is 6.03 Å². The van der Waals surface area contributed by atoms with Crippen molar-refractivity contribution in [2.45, 2.75) is 25.4 Å². The van der Waals surface area contributed by atoms with E-state index in [0.29, 0.717) is 6.54 Å². The molecule has 0 spiro atoms. The average Bonchev–Trinajstić information content (AvgIpc) is 3.30. The number of hydrogen-bond acceptors (Lipinski definition) is 4. The van der Waals surface area contributed by atoms with Gasteiger partial charge in [-0.15, -0.1) is 0 Å². The van der Waals surface area contributed by atoms with Crippen molar-refractivity contribution in [2.24, 2.45) is 0 Å². The Labute approximate surface area is 141 Å². The third-order valence-electron chi connectivity index (χ3n) is 4.30. The highest BCUT2D eigenvalue weighted by molar-refractivity contribution is 5.75. The van der Waals surface area contributed by atoms with Crippen molar-refractivity contribution in [1.29, 1.82) is 0 Å². The van der Waals surface area contributed by atoms with Crippen LogP contribution in [0.5, 0.6) is 11.5 Å². The zero-order valence-electron chi connectivity index (χ0n) is 14.0. The van der Waals surface area contributed by atoms with Crippen LogP contribution >= 0.6 is 0 Å². The Morgan fingerprint density at radius 2 is 2.21 bits per heavy atom. The molecule has 3 rings (SSSR count). The summed E-state index contributed by atoms with van der Waals surface area (Å²) < 4.78 is 16.0. The molecule has 1 unspecified atom stereocenters. The number of amides is 2. The third-order valence-corrected chi connectivity index (χ3v) is 4.30. The van der Waals surface area contributed by atoms with Gasteiger partial charge in [0.25, 0.3) is 0 Å². The number of rotatable bonds is 5. The standard InChI is InChI=1S/C18H22N2O4/c1-22-13-7-8-17(23-2)15(11-13)16-6-3-9-20(16)18(21)19-12-14-5-4-10-24-14/h4-5,7-8,10-11,16H,3,6,9,12H2,1-2H3,(H,19,21). The van der Waals surface area contributed by atoms with Crippen LogP contribution in [0.4, 0.5) is 4.79 Å². The van der Waals surface area contributed by atoms with Gasteiger partial charge in [-0.2, -0.15) is 0 Å². The van der Waals surface area contributed by atoms with E-state index >= 15 is 0 Å². The van der Waals surface area contributed by atoms with Crippen LogP contribution in [0.2, 0.25) is 0 Å². The topological polar surface area (TPSA) is 63.9 Å². The summed E-state index contributed by atoms with van der Waals surface area (Å²) in [6, 6.07) is 9.21. The first kappa shape index (κ1) is 16.2. The van der Waals surface area contributed by atoms with Gasteiger partial charge in [-0.05, 0) is 43.2 Å². The number of ether oxygens (including phenoxy) is 2. The lowest BCUT2D eigenvalue weighted by Gasteiger charge is -2.26. The van der Waals surface area contributed by atoms with Gasteiger partial charge in [-0.3, -0.25) is 0 Å². The number of methoxy groups -OCH3 is 2. The van der Waals surface area contributed by atoms with Crippen LogP contribution in [-0.2, 0) is 6.54 Å². The number of benzene rings is 1. The molecular weight excluding hydrogens is 308 g/mol. The fourth-order valence-corrected chi connectivity index (χ4v) is 3.11. The fourth-order valence-electron chi connectivity index (χ4n) is 3.11. The molecule has 0 radical (unpaired) electrons. The second-order valence-electron chi connectivity index (χ2n) is 5.70. The number of carbonyl (C=O) groups excluding carboxylic acids is 1. The fraction of sp³-hybridized carbons (Fsp3) is 0.389. The molecule has 1 aromatic carbocycles. The van der Waals surface area contributed by atoms with Crippen molar-refractivity contribution in [3.05, 3.63) is 47.9 Å². The number of nitrogens with zero attached hydrogens (tertiary/aromatic N) is 1. The van der Waals surface area contributed by atoms with Crippen LogP contribution in [0.3, 0.4) is 0 Å². The molecule has 24 heavy (non-hydrogen) atoms. The Hall–Kier alpha value is -2.63. The van der Waals surface area contributed by atoms with E-state index in [1.165, 1.54) is 0 Å². The first-order valence-electron chi connectivity index (χ1n) is 8.01. The summed E-state index contributed by atoms with van der Waals surface area (Å²) in [5.41, 5.74) is 0.975. The third kappa shape index (κ3) is 3.32. The lowest BCUT2D eigenvalue weighted by molar-refractivity contribution is 0.190. The Morgan fingerprint density at radius 3 is 2.92 bits per heavy atom. The van der Waals surface area contributed by atoms with E-state index in [2.05, 4.69) is 5.32 Å². The van der Waals surface area contributed by atoms with Crippen LogP contribution in [-0.4, -0.2) is 31.7 Å². The Kier molecular flexibility index (Phi) is 4.93. The Balaban J connectivity index is 1.76. The molecule has 128 valence electrons. The number of likely N-dealkylation sites (tertiary alicyclic amines) is 1. The first-order chi connectivity index (χ1) is 11.7. The number of nitrogens with one attached hydrogen (secondary N) is 1. The molecule has 1 N–H and O–H groups in total. The van der Waals surface area contributed by atoms with Crippen LogP contribution in [0.25, 0.3) is 0 Å². The highest BCUT2D eigenvalue weighted by Crippen LogP contribution is 2.38. The molecular formula is C18H22N2O4. The van der Waals surface area contributed by atoms with Crippen LogP contribution < -0.4 is 14.8 Å². The highest BCUT2D eigenvalue weighted by atomic mass is 16.5. The van der Waals surface area contributed by atoms with Gasteiger partial charge in [0.1, 0.15) is 17.3 Å². The normalized spacial score (nSPS) is 16.9. The van der Waals surface area contributed by atoms with Gasteiger partial charge in [0.2, 0.25) is 0 Å². The molecule has 6 nitrogen and oxygen atoms in total.